The Labute approximate surface area is 209 Å². The van der Waals surface area contributed by atoms with Gasteiger partial charge in [-0.3, -0.25) is 14.8 Å². The molecule has 0 spiro atoms. The molecule has 11 heteroatoms. The van der Waals surface area contributed by atoms with E-state index >= 15 is 0 Å². The van der Waals surface area contributed by atoms with Gasteiger partial charge in [-0.05, 0) is 59.6 Å². The molecule has 182 valence electrons. The first-order chi connectivity index (χ1) is 16.7. The Morgan fingerprint density at radius 1 is 1.03 bits per heavy atom. The van der Waals surface area contributed by atoms with E-state index in [-0.39, 0.29) is 21.7 Å². The fourth-order valence-electron chi connectivity index (χ4n) is 2.93. The first-order valence-corrected chi connectivity index (χ1v) is 12.4. The smallest absolute Gasteiger partial charge is 0.263 e. The van der Waals surface area contributed by atoms with Crippen LogP contribution in [-0.4, -0.2) is 36.5 Å². The van der Waals surface area contributed by atoms with Crippen molar-refractivity contribution in [1.29, 1.82) is 0 Å². The minimum atomic E-state index is -3.92. The number of hydrogen-bond donors (Lipinski definition) is 3. The van der Waals surface area contributed by atoms with Crippen molar-refractivity contribution in [3.8, 4) is 5.88 Å². The average molecular weight is 512 g/mol. The van der Waals surface area contributed by atoms with Crippen molar-refractivity contribution in [2.75, 3.05) is 17.1 Å². The van der Waals surface area contributed by atoms with Crippen LogP contribution in [-0.2, 0) is 14.8 Å². The van der Waals surface area contributed by atoms with Crippen molar-refractivity contribution in [1.82, 2.24) is 15.3 Å². The summed E-state index contributed by atoms with van der Waals surface area (Å²) >= 11 is 5.17. The molecule has 0 radical (unpaired) electrons. The number of methoxy groups -OCH3 is 1. The van der Waals surface area contributed by atoms with Gasteiger partial charge in [0.1, 0.15) is 0 Å². The molecule has 0 aliphatic carbocycles. The van der Waals surface area contributed by atoms with Gasteiger partial charge in [-0.1, -0.05) is 38.1 Å². The minimum Gasteiger partial charge on any atom is -0.478 e. The summed E-state index contributed by atoms with van der Waals surface area (Å²) in [6.45, 7) is 4.24. The van der Waals surface area contributed by atoms with Crippen molar-refractivity contribution in [2.24, 2.45) is 0 Å². The Hall–Kier alpha value is -3.83. The van der Waals surface area contributed by atoms with Crippen LogP contribution >= 0.6 is 12.2 Å². The van der Waals surface area contributed by atoms with Crippen LogP contribution in [0.15, 0.2) is 71.9 Å². The first kappa shape index (κ1) is 25.8. The van der Waals surface area contributed by atoms with Crippen LogP contribution in [0.5, 0.6) is 5.88 Å². The number of carbonyl (C=O) groups is 1. The molecule has 2 aromatic carbocycles. The van der Waals surface area contributed by atoms with Gasteiger partial charge in [-0.2, -0.15) is 0 Å². The molecule has 0 unspecified atom stereocenters. The van der Waals surface area contributed by atoms with E-state index in [1.807, 2.05) is 24.3 Å². The summed E-state index contributed by atoms with van der Waals surface area (Å²) in [5.41, 5.74) is 2.62. The predicted molar refractivity (Wildman–Crippen MR) is 140 cm³/mol. The van der Waals surface area contributed by atoms with Gasteiger partial charge in [0.2, 0.25) is 11.7 Å². The zero-order valence-electron chi connectivity index (χ0n) is 19.3. The van der Waals surface area contributed by atoms with Crippen LogP contribution in [0, 0.1) is 0 Å². The van der Waals surface area contributed by atoms with Gasteiger partial charge in [0.15, 0.2) is 5.11 Å². The highest BCUT2D eigenvalue weighted by atomic mass is 32.2. The first-order valence-electron chi connectivity index (χ1n) is 10.6. The second kappa shape index (κ2) is 11.5. The molecule has 3 aromatic rings. The molecule has 0 bridgehead atoms. The van der Waals surface area contributed by atoms with Crippen molar-refractivity contribution >= 4 is 50.8 Å². The molecule has 1 amide bonds. The summed E-state index contributed by atoms with van der Waals surface area (Å²) in [7, 11) is -2.56. The number of rotatable bonds is 8. The van der Waals surface area contributed by atoms with Crippen LogP contribution in [0.3, 0.4) is 0 Å². The Balaban J connectivity index is 1.56. The van der Waals surface area contributed by atoms with E-state index in [0.29, 0.717) is 11.6 Å². The number of aromatic nitrogens is 2. The fraction of sp³-hybridized carbons (Fsp3) is 0.167. The highest BCUT2D eigenvalue weighted by Gasteiger charge is 2.18. The highest BCUT2D eigenvalue weighted by Crippen LogP contribution is 2.22. The molecule has 0 atom stereocenters. The van der Waals surface area contributed by atoms with Gasteiger partial charge in [0.25, 0.3) is 15.9 Å². The van der Waals surface area contributed by atoms with E-state index in [4.69, 9.17) is 17.0 Å². The lowest BCUT2D eigenvalue weighted by Crippen LogP contribution is -2.32. The van der Waals surface area contributed by atoms with Crippen LogP contribution in [0.25, 0.3) is 6.08 Å². The monoisotopic (exact) mass is 511 g/mol. The molecular weight excluding hydrogens is 486 g/mol. The molecule has 0 fully saturated rings. The topological polar surface area (TPSA) is 122 Å². The van der Waals surface area contributed by atoms with E-state index in [9.17, 15) is 13.2 Å². The largest absolute Gasteiger partial charge is 0.478 e. The molecule has 35 heavy (non-hydrogen) atoms. The van der Waals surface area contributed by atoms with Crippen LogP contribution in [0.1, 0.15) is 30.9 Å². The summed E-state index contributed by atoms with van der Waals surface area (Å²) in [4.78, 5) is 20.0. The predicted octanol–water partition coefficient (Wildman–Crippen LogP) is 3.94. The number of amides is 1. The minimum absolute atomic E-state index is 0.00266. The number of nitrogens with zero attached hydrogens (tertiary/aromatic N) is 2. The third kappa shape index (κ3) is 7.33. The number of carbonyl (C=O) groups excluding carboxylic acids is 1. The van der Waals surface area contributed by atoms with Gasteiger partial charge < -0.3 is 10.1 Å². The molecule has 3 rings (SSSR count). The number of nitrogens with one attached hydrogen (secondary N) is 3. The fourth-order valence-corrected chi connectivity index (χ4v) is 4.15. The number of hydrogen-bond acceptors (Lipinski definition) is 7. The van der Waals surface area contributed by atoms with Crippen LogP contribution < -0.4 is 20.1 Å². The number of sulfonamides is 1. The van der Waals surface area contributed by atoms with Gasteiger partial charge in [-0.25, -0.2) is 18.4 Å². The van der Waals surface area contributed by atoms with Crippen molar-refractivity contribution in [3.05, 3.63) is 78.1 Å². The molecule has 0 aliphatic heterocycles. The van der Waals surface area contributed by atoms with Crippen molar-refractivity contribution in [2.45, 2.75) is 24.7 Å². The summed E-state index contributed by atoms with van der Waals surface area (Å²) in [6.07, 6.45) is 5.82. The lowest BCUT2D eigenvalue weighted by atomic mass is 10.0. The summed E-state index contributed by atoms with van der Waals surface area (Å²) in [5.74, 6) is 0.0748. The van der Waals surface area contributed by atoms with E-state index in [1.54, 1.807) is 6.08 Å². The Bertz CT molecular complexity index is 1320. The Morgan fingerprint density at radius 3 is 2.31 bits per heavy atom. The second-order valence-electron chi connectivity index (χ2n) is 7.64. The zero-order valence-corrected chi connectivity index (χ0v) is 21.0. The maximum atomic E-state index is 12.6. The number of ether oxygens (including phenoxy) is 1. The zero-order chi connectivity index (χ0) is 25.4. The molecule has 1 aromatic heterocycles. The molecule has 9 nitrogen and oxygen atoms in total. The summed E-state index contributed by atoms with van der Waals surface area (Å²) in [5, 5.41) is 5.48. The molecule has 0 saturated heterocycles. The van der Waals surface area contributed by atoms with Crippen LogP contribution in [0.2, 0.25) is 0 Å². The molecule has 1 heterocycles. The van der Waals surface area contributed by atoms with E-state index in [1.165, 1.54) is 55.4 Å². The van der Waals surface area contributed by atoms with Gasteiger partial charge in [0, 0.05) is 24.2 Å². The van der Waals surface area contributed by atoms with Gasteiger partial charge >= 0.3 is 0 Å². The second-order valence-corrected chi connectivity index (χ2v) is 9.73. The Morgan fingerprint density at radius 2 is 1.69 bits per heavy atom. The summed E-state index contributed by atoms with van der Waals surface area (Å²) in [6, 6.07) is 13.8. The third-order valence-electron chi connectivity index (χ3n) is 4.78. The standard InChI is InChI=1S/C24H25N5O4S2/c1-16(2)18-7-4-17(5-8-18)6-13-21(30)28-24(34)27-19-9-11-20(12-10-19)35(31,32)29-22-23(33-3)26-15-14-25-22/h4-16H,1-3H3,(H,25,29)(H2,27,28,30,34). The molecule has 0 aliphatic rings. The van der Waals surface area contributed by atoms with E-state index in [2.05, 4.69) is 39.2 Å². The maximum absolute atomic E-state index is 12.6. The van der Waals surface area contributed by atoms with Crippen molar-refractivity contribution in [3.63, 3.8) is 0 Å². The van der Waals surface area contributed by atoms with Gasteiger partial charge in [-0.15, -0.1) is 0 Å². The number of thiocarbonyl (C=S) groups is 1. The molecular formula is C24H25N5O4S2. The van der Waals surface area contributed by atoms with E-state index < -0.39 is 15.9 Å². The third-order valence-corrected chi connectivity index (χ3v) is 6.34. The molecule has 3 N–H and O–H groups in total. The average Bonchev–Trinajstić information content (AvgIpc) is 2.83. The quantitative estimate of drug-likeness (QED) is 0.307. The van der Waals surface area contributed by atoms with Crippen molar-refractivity contribution < 1.29 is 17.9 Å². The lowest BCUT2D eigenvalue weighted by Gasteiger charge is -2.11. The van der Waals surface area contributed by atoms with Crippen LogP contribution in [0.4, 0.5) is 11.5 Å². The lowest BCUT2D eigenvalue weighted by molar-refractivity contribution is -0.115. The number of anilines is 2. The maximum Gasteiger partial charge on any atom is 0.263 e. The van der Waals surface area contributed by atoms with E-state index in [0.717, 1.165) is 5.56 Å². The molecule has 0 saturated carbocycles. The Kier molecular flexibility index (Phi) is 8.50. The number of benzene rings is 2. The summed E-state index contributed by atoms with van der Waals surface area (Å²) < 4.78 is 32.6. The highest BCUT2D eigenvalue weighted by molar-refractivity contribution is 7.92. The van der Waals surface area contributed by atoms with Gasteiger partial charge in [0.05, 0.1) is 12.0 Å². The normalized spacial score (nSPS) is 11.3. The SMILES string of the molecule is COc1nccnc1NS(=O)(=O)c1ccc(NC(=S)NC(=O)C=Cc2ccc(C(C)C)cc2)cc1.